The van der Waals surface area contributed by atoms with Crippen LogP contribution in [0.1, 0.15) is 46.0 Å². The molecule has 1 fully saturated rings. The molecule has 0 aromatic heterocycles. The van der Waals surface area contributed by atoms with Gasteiger partial charge in [-0.3, -0.25) is 0 Å². The number of aliphatic hydroxyl groups excluding tert-OH is 1. The monoisotopic (exact) mass is 185 g/mol. The van der Waals surface area contributed by atoms with Gasteiger partial charge in [-0.15, -0.1) is 0 Å². The first-order valence-corrected chi connectivity index (χ1v) is 5.64. The molecule has 1 aliphatic carbocycles. The molecule has 2 nitrogen and oxygen atoms in total. The van der Waals surface area contributed by atoms with E-state index in [0.29, 0.717) is 12.1 Å². The van der Waals surface area contributed by atoms with Gasteiger partial charge in [0.25, 0.3) is 0 Å². The number of aliphatic hydroxyl groups is 1. The van der Waals surface area contributed by atoms with Crippen LogP contribution in [0, 0.1) is 5.92 Å². The third kappa shape index (κ3) is 3.28. The van der Waals surface area contributed by atoms with Gasteiger partial charge < -0.3 is 10.4 Å². The Morgan fingerprint density at radius 3 is 2.46 bits per heavy atom. The lowest BCUT2D eigenvalue weighted by Gasteiger charge is -2.25. The normalized spacial score (nSPS) is 23.3. The van der Waals surface area contributed by atoms with Crippen molar-refractivity contribution in [1.82, 2.24) is 5.32 Å². The molecule has 1 unspecified atom stereocenters. The molecule has 2 heteroatoms. The highest BCUT2D eigenvalue weighted by Crippen LogP contribution is 2.27. The highest BCUT2D eigenvalue weighted by atomic mass is 16.3. The highest BCUT2D eigenvalue weighted by Gasteiger charge is 2.22. The summed E-state index contributed by atoms with van der Waals surface area (Å²) in [6, 6.07) is 0.884. The number of nitrogens with one attached hydrogen (secondary N) is 1. The Labute approximate surface area is 81.7 Å². The van der Waals surface area contributed by atoms with Crippen LogP contribution >= 0.6 is 0 Å². The minimum absolute atomic E-state index is 0.271. The van der Waals surface area contributed by atoms with Crippen molar-refractivity contribution in [2.24, 2.45) is 5.92 Å². The molecular formula is C11H23NO. The first-order valence-electron chi connectivity index (χ1n) is 5.64. The number of rotatable bonds is 5. The van der Waals surface area contributed by atoms with E-state index in [-0.39, 0.29) is 6.61 Å². The lowest BCUT2D eigenvalue weighted by molar-refractivity contribution is 0.215. The van der Waals surface area contributed by atoms with Gasteiger partial charge >= 0.3 is 0 Å². The van der Waals surface area contributed by atoms with Gasteiger partial charge in [-0.05, 0) is 32.1 Å². The molecule has 2 N–H and O–H groups in total. The number of hydrogen-bond donors (Lipinski definition) is 2. The van der Waals surface area contributed by atoms with E-state index in [1.807, 2.05) is 0 Å². The first kappa shape index (κ1) is 11.0. The molecule has 0 aromatic rings. The van der Waals surface area contributed by atoms with E-state index in [1.54, 1.807) is 0 Å². The van der Waals surface area contributed by atoms with Crippen LogP contribution in [0.5, 0.6) is 0 Å². The minimum atomic E-state index is 0.271. The summed E-state index contributed by atoms with van der Waals surface area (Å²) in [7, 11) is 0. The van der Waals surface area contributed by atoms with Crippen LogP contribution in [-0.2, 0) is 0 Å². The van der Waals surface area contributed by atoms with Gasteiger partial charge in [0, 0.05) is 12.1 Å². The lowest BCUT2D eigenvalue weighted by atomic mass is 9.99. The number of hydrogen-bond acceptors (Lipinski definition) is 2. The van der Waals surface area contributed by atoms with E-state index in [2.05, 4.69) is 19.2 Å². The van der Waals surface area contributed by atoms with Gasteiger partial charge in [0.2, 0.25) is 0 Å². The maximum atomic E-state index is 9.06. The maximum absolute atomic E-state index is 9.06. The van der Waals surface area contributed by atoms with Gasteiger partial charge in [-0.1, -0.05) is 19.8 Å². The largest absolute Gasteiger partial charge is 0.395 e. The molecule has 0 spiro atoms. The van der Waals surface area contributed by atoms with E-state index >= 15 is 0 Å². The molecule has 0 heterocycles. The van der Waals surface area contributed by atoms with Gasteiger partial charge in [-0.25, -0.2) is 0 Å². The van der Waals surface area contributed by atoms with E-state index in [4.69, 9.17) is 5.11 Å². The summed E-state index contributed by atoms with van der Waals surface area (Å²) in [5.74, 6) is 0.848. The third-order valence-electron chi connectivity index (χ3n) is 3.32. The molecule has 1 rings (SSSR count). The van der Waals surface area contributed by atoms with Gasteiger partial charge in [0.05, 0.1) is 6.61 Å². The predicted octanol–water partition coefficient (Wildman–Crippen LogP) is 1.93. The molecule has 1 saturated carbocycles. The van der Waals surface area contributed by atoms with E-state index in [9.17, 15) is 0 Å². The second kappa shape index (κ2) is 5.61. The van der Waals surface area contributed by atoms with E-state index in [0.717, 1.165) is 12.3 Å². The second-order valence-corrected chi connectivity index (χ2v) is 4.29. The Balaban J connectivity index is 2.25. The average Bonchev–Trinajstić information content (AvgIpc) is 2.66. The van der Waals surface area contributed by atoms with Crippen LogP contribution < -0.4 is 5.32 Å². The summed E-state index contributed by atoms with van der Waals surface area (Å²) < 4.78 is 0. The van der Waals surface area contributed by atoms with Crippen LogP contribution in [0.25, 0.3) is 0 Å². The van der Waals surface area contributed by atoms with Gasteiger partial charge in [0.15, 0.2) is 0 Å². The average molecular weight is 185 g/mol. The van der Waals surface area contributed by atoms with Crippen molar-refractivity contribution >= 4 is 0 Å². The third-order valence-corrected chi connectivity index (χ3v) is 3.32. The Morgan fingerprint density at radius 1 is 1.38 bits per heavy atom. The Kier molecular flexibility index (Phi) is 4.74. The first-order chi connectivity index (χ1) is 6.27. The zero-order valence-corrected chi connectivity index (χ0v) is 8.92. The molecular weight excluding hydrogens is 162 g/mol. The van der Waals surface area contributed by atoms with Crippen LogP contribution in [0.4, 0.5) is 0 Å². The summed E-state index contributed by atoms with van der Waals surface area (Å²) in [5.41, 5.74) is 0. The molecule has 0 bridgehead atoms. The Hall–Kier alpha value is -0.0800. The lowest BCUT2D eigenvalue weighted by Crippen LogP contribution is -2.41. The van der Waals surface area contributed by atoms with E-state index in [1.165, 1.54) is 25.7 Å². The summed E-state index contributed by atoms with van der Waals surface area (Å²) >= 11 is 0. The zero-order valence-electron chi connectivity index (χ0n) is 8.92. The van der Waals surface area contributed by atoms with Gasteiger partial charge in [0.1, 0.15) is 0 Å². The molecule has 0 aromatic carbocycles. The van der Waals surface area contributed by atoms with Gasteiger partial charge in [-0.2, -0.15) is 0 Å². The fourth-order valence-electron chi connectivity index (χ4n) is 2.26. The molecule has 0 radical (unpaired) electrons. The molecule has 13 heavy (non-hydrogen) atoms. The minimum Gasteiger partial charge on any atom is -0.395 e. The highest BCUT2D eigenvalue weighted by molar-refractivity contribution is 4.79. The molecule has 0 saturated heterocycles. The van der Waals surface area contributed by atoms with Crippen molar-refractivity contribution in [3.63, 3.8) is 0 Å². The van der Waals surface area contributed by atoms with Crippen LogP contribution in [0.15, 0.2) is 0 Å². The van der Waals surface area contributed by atoms with Crippen molar-refractivity contribution in [1.29, 1.82) is 0 Å². The topological polar surface area (TPSA) is 32.3 Å². The molecule has 78 valence electrons. The van der Waals surface area contributed by atoms with Crippen molar-refractivity contribution in [3.8, 4) is 0 Å². The van der Waals surface area contributed by atoms with Crippen molar-refractivity contribution in [3.05, 3.63) is 0 Å². The van der Waals surface area contributed by atoms with Crippen molar-refractivity contribution in [2.75, 3.05) is 6.61 Å². The summed E-state index contributed by atoms with van der Waals surface area (Å²) in [6.07, 6.45) is 6.55. The van der Waals surface area contributed by atoms with E-state index < -0.39 is 0 Å². The van der Waals surface area contributed by atoms with Crippen molar-refractivity contribution < 1.29 is 5.11 Å². The fraction of sp³-hybridized carbons (Fsp3) is 1.00. The zero-order chi connectivity index (χ0) is 9.68. The molecule has 0 aliphatic heterocycles. The summed E-state index contributed by atoms with van der Waals surface area (Å²) in [6.45, 7) is 4.65. The van der Waals surface area contributed by atoms with Crippen LogP contribution in [0.2, 0.25) is 0 Å². The van der Waals surface area contributed by atoms with Crippen LogP contribution in [-0.4, -0.2) is 23.8 Å². The Morgan fingerprint density at radius 2 is 2.00 bits per heavy atom. The molecule has 2 atom stereocenters. The SMILES string of the molecule is CC[C@H](CO)NC(C)C1CCCC1. The maximum Gasteiger partial charge on any atom is 0.0584 e. The predicted molar refractivity (Wildman–Crippen MR) is 55.7 cm³/mol. The quantitative estimate of drug-likeness (QED) is 0.686. The standard InChI is InChI=1S/C11H23NO/c1-3-11(8-13)12-9(2)10-6-4-5-7-10/h9-13H,3-8H2,1-2H3/t9?,11-/m1/s1. The van der Waals surface area contributed by atoms with Crippen molar-refractivity contribution in [2.45, 2.75) is 58.0 Å². The summed E-state index contributed by atoms with van der Waals surface area (Å²) in [4.78, 5) is 0. The molecule has 0 amide bonds. The van der Waals surface area contributed by atoms with Crippen LogP contribution in [0.3, 0.4) is 0 Å². The Bertz CT molecular complexity index is 128. The smallest absolute Gasteiger partial charge is 0.0584 e. The fourth-order valence-corrected chi connectivity index (χ4v) is 2.26. The second-order valence-electron chi connectivity index (χ2n) is 4.29. The molecule has 1 aliphatic rings. The summed E-state index contributed by atoms with van der Waals surface area (Å²) in [5, 5.41) is 12.6.